The third kappa shape index (κ3) is 3.15. The molecule has 1 aromatic carbocycles. The second-order valence-corrected chi connectivity index (χ2v) is 3.84. The minimum absolute atomic E-state index is 0.108. The highest BCUT2D eigenvalue weighted by Crippen LogP contribution is 2.23. The van der Waals surface area contributed by atoms with E-state index in [0.29, 0.717) is 13.1 Å². The van der Waals surface area contributed by atoms with E-state index in [-0.39, 0.29) is 22.2 Å². The molecule has 92 valence electrons. The van der Waals surface area contributed by atoms with Crippen LogP contribution in [0.2, 0.25) is 5.02 Å². The van der Waals surface area contributed by atoms with Crippen LogP contribution >= 0.6 is 11.6 Å². The van der Waals surface area contributed by atoms with Gasteiger partial charge in [-0.1, -0.05) is 11.6 Å². The van der Waals surface area contributed by atoms with Crippen molar-refractivity contribution in [3.63, 3.8) is 0 Å². The number of nitro groups is 1. The Balaban J connectivity index is 3.07. The van der Waals surface area contributed by atoms with E-state index in [1.165, 1.54) is 17.0 Å². The lowest BCUT2D eigenvalue weighted by atomic mass is 10.2. The smallest absolute Gasteiger partial charge is 0.270 e. The molecule has 1 amide bonds. The fraction of sp³-hybridized carbons (Fsp3) is 0.300. The number of nitrogens with two attached hydrogens (primary N) is 1. The van der Waals surface area contributed by atoms with E-state index in [2.05, 4.69) is 0 Å². The van der Waals surface area contributed by atoms with Crippen LogP contribution in [-0.2, 0) is 0 Å². The summed E-state index contributed by atoms with van der Waals surface area (Å²) in [6, 6.07) is 3.75. The van der Waals surface area contributed by atoms with E-state index in [9.17, 15) is 14.9 Å². The standard InChI is InChI=1S/C10H12ClN3O3/c1-13(5-4-12)10(15)8-6-7(14(16)17)2-3-9(8)11/h2-3,6H,4-5,12H2,1H3. The molecule has 0 heterocycles. The van der Waals surface area contributed by atoms with Crippen molar-refractivity contribution in [1.82, 2.24) is 4.90 Å². The quantitative estimate of drug-likeness (QED) is 0.650. The van der Waals surface area contributed by atoms with Crippen LogP contribution in [0.1, 0.15) is 10.4 Å². The number of non-ortho nitro benzene ring substituents is 1. The maximum absolute atomic E-state index is 11.9. The van der Waals surface area contributed by atoms with E-state index >= 15 is 0 Å². The number of nitro benzene ring substituents is 1. The molecule has 0 radical (unpaired) electrons. The van der Waals surface area contributed by atoms with Crippen molar-refractivity contribution in [3.05, 3.63) is 38.9 Å². The summed E-state index contributed by atoms with van der Waals surface area (Å²) in [7, 11) is 1.56. The van der Waals surface area contributed by atoms with Gasteiger partial charge in [0.05, 0.1) is 15.5 Å². The summed E-state index contributed by atoms with van der Waals surface area (Å²) in [4.78, 5) is 23.3. The number of hydrogen-bond acceptors (Lipinski definition) is 4. The zero-order valence-electron chi connectivity index (χ0n) is 9.22. The number of rotatable bonds is 4. The first-order chi connectivity index (χ1) is 7.97. The van der Waals surface area contributed by atoms with Gasteiger partial charge in [-0.2, -0.15) is 0 Å². The summed E-state index contributed by atoms with van der Waals surface area (Å²) in [5.41, 5.74) is 5.27. The van der Waals surface area contributed by atoms with Crippen LogP contribution in [0.25, 0.3) is 0 Å². The van der Waals surface area contributed by atoms with E-state index in [1.807, 2.05) is 0 Å². The van der Waals surface area contributed by atoms with Crippen molar-refractivity contribution in [2.45, 2.75) is 0 Å². The highest BCUT2D eigenvalue weighted by atomic mass is 35.5. The van der Waals surface area contributed by atoms with Crippen molar-refractivity contribution in [2.75, 3.05) is 20.1 Å². The highest BCUT2D eigenvalue weighted by molar-refractivity contribution is 6.33. The summed E-state index contributed by atoms with van der Waals surface area (Å²) >= 11 is 5.84. The Morgan fingerprint density at radius 2 is 2.24 bits per heavy atom. The minimum Gasteiger partial charge on any atom is -0.340 e. The molecule has 1 aromatic rings. The third-order valence-corrected chi connectivity index (χ3v) is 2.53. The maximum Gasteiger partial charge on any atom is 0.270 e. The SMILES string of the molecule is CN(CCN)C(=O)c1cc([N+](=O)[O-])ccc1Cl. The molecule has 0 saturated carbocycles. The van der Waals surface area contributed by atoms with E-state index in [1.54, 1.807) is 7.05 Å². The summed E-state index contributed by atoms with van der Waals surface area (Å²) in [5, 5.41) is 10.8. The van der Waals surface area contributed by atoms with Crippen LogP contribution in [0.5, 0.6) is 0 Å². The van der Waals surface area contributed by atoms with Crippen LogP contribution in [-0.4, -0.2) is 35.9 Å². The molecule has 0 unspecified atom stereocenters. The lowest BCUT2D eigenvalue weighted by molar-refractivity contribution is -0.384. The van der Waals surface area contributed by atoms with Gasteiger partial charge in [-0.05, 0) is 6.07 Å². The highest BCUT2D eigenvalue weighted by Gasteiger charge is 2.18. The third-order valence-electron chi connectivity index (χ3n) is 2.20. The van der Waals surface area contributed by atoms with Crippen molar-refractivity contribution >= 4 is 23.2 Å². The Labute approximate surface area is 103 Å². The molecule has 0 spiro atoms. The Hall–Kier alpha value is -1.66. The summed E-state index contributed by atoms with van der Waals surface area (Å²) < 4.78 is 0. The van der Waals surface area contributed by atoms with Crippen LogP contribution in [0.4, 0.5) is 5.69 Å². The van der Waals surface area contributed by atoms with Crippen LogP contribution in [0, 0.1) is 10.1 Å². The number of likely N-dealkylation sites (N-methyl/N-ethyl adjacent to an activating group) is 1. The Kier molecular flexibility index (Phi) is 4.42. The second-order valence-electron chi connectivity index (χ2n) is 3.44. The van der Waals surface area contributed by atoms with Crippen molar-refractivity contribution in [2.24, 2.45) is 5.73 Å². The largest absolute Gasteiger partial charge is 0.340 e. The monoisotopic (exact) mass is 257 g/mol. The number of amides is 1. The molecule has 0 bridgehead atoms. The Bertz CT molecular complexity index is 450. The van der Waals surface area contributed by atoms with Gasteiger partial charge in [-0.15, -0.1) is 0 Å². The summed E-state index contributed by atoms with van der Waals surface area (Å²) in [6.45, 7) is 0.673. The Morgan fingerprint density at radius 3 is 2.76 bits per heavy atom. The number of carbonyl (C=O) groups excluding carboxylic acids is 1. The van der Waals surface area contributed by atoms with Gasteiger partial charge in [-0.25, -0.2) is 0 Å². The molecule has 6 nitrogen and oxygen atoms in total. The first-order valence-electron chi connectivity index (χ1n) is 4.87. The van der Waals surface area contributed by atoms with E-state index in [0.717, 1.165) is 6.07 Å². The molecule has 1 rings (SSSR count). The zero-order chi connectivity index (χ0) is 13.0. The number of carbonyl (C=O) groups is 1. The summed E-state index contributed by atoms with van der Waals surface area (Å²) in [6.07, 6.45) is 0. The van der Waals surface area contributed by atoms with Gasteiger partial charge in [0.25, 0.3) is 11.6 Å². The predicted molar refractivity (Wildman–Crippen MR) is 64.1 cm³/mol. The molecule has 2 N–H and O–H groups in total. The average Bonchev–Trinajstić information content (AvgIpc) is 2.28. The number of halogens is 1. The molecular formula is C10H12ClN3O3. The molecule has 7 heteroatoms. The van der Waals surface area contributed by atoms with Crippen molar-refractivity contribution in [1.29, 1.82) is 0 Å². The molecule has 0 fully saturated rings. The van der Waals surface area contributed by atoms with E-state index < -0.39 is 4.92 Å². The Morgan fingerprint density at radius 1 is 1.59 bits per heavy atom. The molecule has 0 aliphatic heterocycles. The molecule has 17 heavy (non-hydrogen) atoms. The van der Waals surface area contributed by atoms with Gasteiger partial charge in [-0.3, -0.25) is 14.9 Å². The van der Waals surface area contributed by atoms with Crippen molar-refractivity contribution in [3.8, 4) is 0 Å². The van der Waals surface area contributed by atoms with Gasteiger partial charge < -0.3 is 10.6 Å². The first kappa shape index (κ1) is 13.4. The van der Waals surface area contributed by atoms with Gasteiger partial charge in [0.2, 0.25) is 0 Å². The molecule has 0 aromatic heterocycles. The molecule has 0 saturated heterocycles. The zero-order valence-corrected chi connectivity index (χ0v) is 9.98. The number of hydrogen-bond donors (Lipinski definition) is 1. The lowest BCUT2D eigenvalue weighted by Gasteiger charge is -2.16. The minimum atomic E-state index is -0.573. The van der Waals surface area contributed by atoms with Crippen molar-refractivity contribution < 1.29 is 9.72 Å². The van der Waals surface area contributed by atoms with Gasteiger partial charge in [0.15, 0.2) is 0 Å². The average molecular weight is 258 g/mol. The van der Waals surface area contributed by atoms with Gasteiger partial charge in [0.1, 0.15) is 0 Å². The van der Waals surface area contributed by atoms with Crippen LogP contribution in [0.15, 0.2) is 18.2 Å². The summed E-state index contributed by atoms with van der Waals surface area (Å²) in [5.74, 6) is -0.385. The lowest BCUT2D eigenvalue weighted by Crippen LogP contribution is -2.31. The van der Waals surface area contributed by atoms with Gasteiger partial charge >= 0.3 is 0 Å². The number of nitrogens with zero attached hydrogens (tertiary/aromatic N) is 2. The topological polar surface area (TPSA) is 89.5 Å². The number of benzene rings is 1. The normalized spacial score (nSPS) is 10.1. The fourth-order valence-corrected chi connectivity index (χ4v) is 1.49. The maximum atomic E-state index is 11.9. The van der Waals surface area contributed by atoms with E-state index in [4.69, 9.17) is 17.3 Å². The molecule has 0 aliphatic rings. The fourth-order valence-electron chi connectivity index (χ4n) is 1.29. The van der Waals surface area contributed by atoms with Gasteiger partial charge in [0, 0.05) is 32.3 Å². The first-order valence-corrected chi connectivity index (χ1v) is 5.24. The predicted octanol–water partition coefficient (Wildman–Crippen LogP) is 1.28. The second kappa shape index (κ2) is 5.60. The van der Waals surface area contributed by atoms with Crippen LogP contribution < -0.4 is 5.73 Å². The molecular weight excluding hydrogens is 246 g/mol. The molecule has 0 aliphatic carbocycles. The molecule has 0 atom stereocenters. The van der Waals surface area contributed by atoms with Crippen LogP contribution in [0.3, 0.4) is 0 Å².